The van der Waals surface area contributed by atoms with Crippen molar-refractivity contribution in [3.05, 3.63) is 34.7 Å². The van der Waals surface area contributed by atoms with Gasteiger partial charge in [0.05, 0.1) is 25.9 Å². The number of carbonyl (C=O) groups excluding carboxylic acids is 1. The largest absolute Gasteiger partial charge is 0.395 e. The van der Waals surface area contributed by atoms with Crippen molar-refractivity contribution in [3.63, 3.8) is 0 Å². The number of nitrogens with zero attached hydrogens (tertiary/aromatic N) is 3. The fourth-order valence-corrected chi connectivity index (χ4v) is 3.13. The van der Waals surface area contributed by atoms with Crippen molar-refractivity contribution in [1.82, 2.24) is 14.7 Å². The molecule has 0 radical (unpaired) electrons. The third-order valence-electron chi connectivity index (χ3n) is 3.67. The van der Waals surface area contributed by atoms with Gasteiger partial charge in [0.2, 0.25) is 5.91 Å². The minimum Gasteiger partial charge on any atom is -0.395 e. The smallest absolute Gasteiger partial charge is 0.239 e. The Morgan fingerprint density at radius 3 is 3.05 bits per heavy atom. The van der Waals surface area contributed by atoms with E-state index >= 15 is 0 Å². The summed E-state index contributed by atoms with van der Waals surface area (Å²) >= 11 is 1.67. The van der Waals surface area contributed by atoms with Gasteiger partial charge in [-0.1, -0.05) is 6.07 Å². The highest BCUT2D eigenvalue weighted by molar-refractivity contribution is 7.09. The molecule has 0 saturated heterocycles. The maximum Gasteiger partial charge on any atom is 0.239 e. The third kappa shape index (κ3) is 3.94. The van der Waals surface area contributed by atoms with E-state index in [1.807, 2.05) is 22.4 Å². The molecule has 2 heterocycles. The number of aliphatic hydroxyl groups excluding tert-OH is 1. The Labute approximate surface area is 133 Å². The Morgan fingerprint density at radius 2 is 2.36 bits per heavy atom. The van der Waals surface area contributed by atoms with Crippen LogP contribution in [0.1, 0.15) is 17.7 Å². The average molecular weight is 320 g/mol. The van der Waals surface area contributed by atoms with Crippen LogP contribution in [0.25, 0.3) is 0 Å². The summed E-state index contributed by atoms with van der Waals surface area (Å²) in [7, 11) is 0. The van der Waals surface area contributed by atoms with Crippen LogP contribution >= 0.6 is 11.3 Å². The molecule has 1 amide bonds. The van der Waals surface area contributed by atoms with Crippen molar-refractivity contribution in [2.24, 2.45) is 0 Å². The van der Waals surface area contributed by atoms with Gasteiger partial charge in [-0.15, -0.1) is 11.3 Å². The van der Waals surface area contributed by atoms with E-state index in [4.69, 9.17) is 5.11 Å². The summed E-state index contributed by atoms with van der Waals surface area (Å²) in [4.78, 5) is 15.4. The predicted octanol–water partition coefficient (Wildman–Crippen LogP) is 1.39. The number of nitrogens with one attached hydrogen (secondary N) is 1. The number of aromatic nitrogens is 2. The van der Waals surface area contributed by atoms with Gasteiger partial charge in [0.15, 0.2) is 0 Å². The number of aliphatic hydroxyl groups is 1. The van der Waals surface area contributed by atoms with Crippen molar-refractivity contribution in [1.29, 1.82) is 0 Å². The second-order valence-electron chi connectivity index (χ2n) is 5.43. The number of amides is 1. The first-order valence-corrected chi connectivity index (χ1v) is 8.33. The molecule has 0 atom stereocenters. The Morgan fingerprint density at radius 1 is 1.50 bits per heavy atom. The normalized spacial score (nSPS) is 14.5. The molecule has 0 bridgehead atoms. The molecule has 3 rings (SSSR count). The molecule has 1 aliphatic rings. The number of hydrogen-bond acceptors (Lipinski definition) is 5. The average Bonchev–Trinajstić information content (AvgIpc) is 3.06. The molecule has 7 heteroatoms. The van der Waals surface area contributed by atoms with Crippen LogP contribution in [0.4, 0.5) is 5.82 Å². The second-order valence-corrected chi connectivity index (χ2v) is 6.46. The van der Waals surface area contributed by atoms with Crippen LogP contribution in [0.5, 0.6) is 0 Å². The minimum atomic E-state index is -0.0618. The van der Waals surface area contributed by atoms with E-state index in [2.05, 4.69) is 10.4 Å². The molecule has 0 unspecified atom stereocenters. The number of carbonyl (C=O) groups is 1. The zero-order chi connectivity index (χ0) is 15.4. The molecule has 6 nitrogen and oxygen atoms in total. The molecule has 2 aromatic rings. The van der Waals surface area contributed by atoms with Crippen molar-refractivity contribution in [2.45, 2.75) is 25.4 Å². The fraction of sp³-hybridized carbons (Fsp3) is 0.467. The van der Waals surface area contributed by atoms with E-state index in [0.717, 1.165) is 12.8 Å². The maximum atomic E-state index is 12.2. The van der Waals surface area contributed by atoms with Gasteiger partial charge in [0.25, 0.3) is 0 Å². The lowest BCUT2D eigenvalue weighted by atomic mass is 10.4. The van der Waals surface area contributed by atoms with Crippen LogP contribution in [0, 0.1) is 0 Å². The van der Waals surface area contributed by atoms with Gasteiger partial charge in [-0.2, -0.15) is 5.10 Å². The summed E-state index contributed by atoms with van der Waals surface area (Å²) in [5.41, 5.74) is 0. The Balaban J connectivity index is 1.58. The first-order valence-electron chi connectivity index (χ1n) is 7.45. The Kier molecular flexibility index (Phi) is 4.87. The molecular weight excluding hydrogens is 300 g/mol. The lowest BCUT2D eigenvalue weighted by Crippen LogP contribution is -2.37. The van der Waals surface area contributed by atoms with Gasteiger partial charge in [-0.05, 0) is 24.3 Å². The van der Waals surface area contributed by atoms with E-state index in [-0.39, 0.29) is 12.5 Å². The molecule has 0 aliphatic heterocycles. The monoisotopic (exact) mass is 320 g/mol. The lowest BCUT2D eigenvalue weighted by molar-refractivity contribution is -0.117. The summed E-state index contributed by atoms with van der Waals surface area (Å²) in [6.45, 7) is 1.60. The van der Waals surface area contributed by atoms with Crippen molar-refractivity contribution < 1.29 is 9.90 Å². The van der Waals surface area contributed by atoms with E-state index in [9.17, 15) is 4.79 Å². The van der Waals surface area contributed by atoms with Crippen molar-refractivity contribution >= 4 is 23.1 Å². The van der Waals surface area contributed by atoms with E-state index in [1.54, 1.807) is 28.3 Å². The van der Waals surface area contributed by atoms with Crippen molar-refractivity contribution in [3.8, 4) is 0 Å². The predicted molar refractivity (Wildman–Crippen MR) is 86.0 cm³/mol. The summed E-state index contributed by atoms with van der Waals surface area (Å²) in [6, 6.07) is 6.31. The number of hydrogen-bond donors (Lipinski definition) is 2. The quantitative estimate of drug-likeness (QED) is 0.771. The Bertz CT molecular complexity index is 607. The first-order chi connectivity index (χ1) is 10.8. The third-order valence-corrected chi connectivity index (χ3v) is 4.53. The molecule has 1 saturated carbocycles. The molecular formula is C15H20N4O2S. The van der Waals surface area contributed by atoms with Gasteiger partial charge < -0.3 is 10.4 Å². The summed E-state index contributed by atoms with van der Waals surface area (Å²) in [6.07, 6.45) is 3.92. The highest BCUT2D eigenvalue weighted by Gasteiger charge is 2.29. The fourth-order valence-electron chi connectivity index (χ4n) is 2.44. The van der Waals surface area contributed by atoms with Gasteiger partial charge in [-0.3, -0.25) is 9.69 Å². The minimum absolute atomic E-state index is 0.0618. The topological polar surface area (TPSA) is 70.4 Å². The van der Waals surface area contributed by atoms with Crippen LogP contribution in [-0.2, 0) is 11.3 Å². The maximum absolute atomic E-state index is 12.2. The summed E-state index contributed by atoms with van der Waals surface area (Å²) in [5, 5.41) is 18.3. The molecule has 118 valence electrons. The summed E-state index contributed by atoms with van der Waals surface area (Å²) in [5.74, 6) is 0.645. The van der Waals surface area contributed by atoms with Gasteiger partial charge in [0.1, 0.15) is 5.82 Å². The van der Waals surface area contributed by atoms with Crippen LogP contribution in [-0.4, -0.2) is 51.4 Å². The second kappa shape index (κ2) is 7.04. The van der Waals surface area contributed by atoms with Crippen LogP contribution < -0.4 is 5.32 Å². The summed E-state index contributed by atoms with van der Waals surface area (Å²) < 4.78 is 1.79. The first kappa shape index (κ1) is 15.2. The Hall–Kier alpha value is -1.70. The van der Waals surface area contributed by atoms with Crippen LogP contribution in [0.2, 0.25) is 0 Å². The zero-order valence-corrected chi connectivity index (χ0v) is 13.1. The SMILES string of the molecule is O=C(CN(CCO)C1CC1)Nc1ccnn1Cc1cccs1. The zero-order valence-electron chi connectivity index (χ0n) is 12.3. The van der Waals surface area contributed by atoms with E-state index < -0.39 is 0 Å². The molecule has 0 spiro atoms. The molecule has 2 aromatic heterocycles. The van der Waals surface area contributed by atoms with E-state index in [0.29, 0.717) is 31.5 Å². The number of anilines is 1. The molecule has 1 aliphatic carbocycles. The van der Waals surface area contributed by atoms with Gasteiger partial charge in [-0.25, -0.2) is 4.68 Å². The molecule has 2 N–H and O–H groups in total. The molecule has 22 heavy (non-hydrogen) atoms. The number of thiophene rings is 1. The molecule has 1 fully saturated rings. The highest BCUT2D eigenvalue weighted by atomic mass is 32.1. The van der Waals surface area contributed by atoms with Crippen LogP contribution in [0.15, 0.2) is 29.8 Å². The standard InChI is InChI=1S/C15H20N4O2S/c20-8-7-18(12-3-4-12)11-15(21)17-14-5-6-16-19(14)10-13-2-1-9-22-13/h1-2,5-6,9,12,20H,3-4,7-8,10-11H2,(H,17,21). The highest BCUT2D eigenvalue weighted by Crippen LogP contribution is 2.26. The van der Waals surface area contributed by atoms with Crippen LogP contribution in [0.3, 0.4) is 0 Å². The van der Waals surface area contributed by atoms with Gasteiger partial charge in [0, 0.05) is 23.5 Å². The molecule has 0 aromatic carbocycles. The van der Waals surface area contributed by atoms with Gasteiger partial charge >= 0.3 is 0 Å². The van der Waals surface area contributed by atoms with Crippen molar-refractivity contribution in [2.75, 3.05) is 25.0 Å². The lowest BCUT2D eigenvalue weighted by Gasteiger charge is -2.20. The number of rotatable bonds is 8. The van der Waals surface area contributed by atoms with E-state index in [1.165, 1.54) is 4.88 Å².